The van der Waals surface area contributed by atoms with Crippen molar-refractivity contribution in [2.45, 2.75) is 6.54 Å². The van der Waals surface area contributed by atoms with Crippen molar-refractivity contribution in [1.82, 2.24) is 15.3 Å². The zero-order valence-electron chi connectivity index (χ0n) is 11.7. The monoisotopic (exact) mass is 324 g/mol. The molecule has 22 heavy (non-hydrogen) atoms. The normalized spacial score (nSPS) is 9.73. The Hall–Kier alpha value is -2.22. The first-order chi connectivity index (χ1) is 10.2. The predicted molar refractivity (Wildman–Crippen MR) is 83.1 cm³/mol. The number of hydrogen-bond acceptors (Lipinski definition) is 6. The van der Waals surface area contributed by atoms with E-state index in [0.717, 1.165) is 0 Å². The molecule has 1 amide bonds. The highest BCUT2D eigenvalue weighted by Gasteiger charge is 2.07. The minimum absolute atomic E-state index is 0. The lowest BCUT2D eigenvalue weighted by Crippen LogP contribution is -2.26. The van der Waals surface area contributed by atoms with E-state index in [1.165, 1.54) is 6.33 Å². The highest BCUT2D eigenvalue weighted by Crippen LogP contribution is 2.20. The molecule has 2 rings (SSSR count). The van der Waals surface area contributed by atoms with Crippen LogP contribution in [0.5, 0.6) is 11.6 Å². The number of hydrogen-bond donors (Lipinski definition) is 3. The Kier molecular flexibility index (Phi) is 7.24. The van der Waals surface area contributed by atoms with E-state index in [1.807, 2.05) is 0 Å². The highest BCUT2D eigenvalue weighted by atomic mass is 35.5. The molecule has 0 aliphatic heterocycles. The second-order valence-electron chi connectivity index (χ2n) is 4.16. The maximum Gasteiger partial charge on any atom is 0.251 e. The minimum atomic E-state index is -0.278. The van der Waals surface area contributed by atoms with Gasteiger partial charge in [-0.2, -0.15) is 0 Å². The molecular formula is C14H17ClN4O3. The number of benzene rings is 1. The van der Waals surface area contributed by atoms with Gasteiger partial charge in [0, 0.05) is 24.7 Å². The molecule has 0 aliphatic rings. The summed E-state index contributed by atoms with van der Waals surface area (Å²) in [7, 11) is 0. The third-order valence-corrected chi connectivity index (χ3v) is 2.62. The fraction of sp³-hybridized carbons (Fsp3) is 0.214. The van der Waals surface area contributed by atoms with E-state index in [0.29, 0.717) is 29.4 Å². The Balaban J connectivity index is 0.00000242. The number of carbonyl (C=O) groups is 1. The van der Waals surface area contributed by atoms with Crippen LogP contribution in [0.2, 0.25) is 0 Å². The molecular weight excluding hydrogens is 308 g/mol. The third kappa shape index (κ3) is 4.96. The van der Waals surface area contributed by atoms with Crippen molar-refractivity contribution in [3.8, 4) is 11.6 Å². The molecule has 118 valence electrons. The number of aromatic nitrogens is 2. The number of amides is 1. The second kappa shape index (κ2) is 8.93. The van der Waals surface area contributed by atoms with Gasteiger partial charge in [-0.1, -0.05) is 6.07 Å². The van der Waals surface area contributed by atoms with Gasteiger partial charge in [-0.15, -0.1) is 12.4 Å². The fourth-order valence-electron chi connectivity index (χ4n) is 1.64. The van der Waals surface area contributed by atoms with Gasteiger partial charge in [0.25, 0.3) is 5.91 Å². The van der Waals surface area contributed by atoms with Crippen LogP contribution in [0.3, 0.4) is 0 Å². The summed E-state index contributed by atoms with van der Waals surface area (Å²) >= 11 is 0. The first-order valence-electron chi connectivity index (χ1n) is 6.41. The molecule has 0 atom stereocenters. The number of nitrogens with zero attached hydrogens (tertiary/aromatic N) is 2. The SMILES string of the molecule is Cl.NCc1cc(Oc2cccc(C(=O)NCCO)c2)ncn1. The first kappa shape index (κ1) is 17.8. The molecule has 1 aromatic heterocycles. The van der Waals surface area contributed by atoms with Gasteiger partial charge >= 0.3 is 0 Å². The van der Waals surface area contributed by atoms with E-state index < -0.39 is 0 Å². The van der Waals surface area contributed by atoms with Crippen molar-refractivity contribution in [3.05, 3.63) is 47.9 Å². The van der Waals surface area contributed by atoms with Crippen LogP contribution in [-0.2, 0) is 6.54 Å². The minimum Gasteiger partial charge on any atom is -0.439 e. The van der Waals surface area contributed by atoms with Crippen LogP contribution in [-0.4, -0.2) is 34.1 Å². The quantitative estimate of drug-likeness (QED) is 0.727. The number of rotatable bonds is 6. The Morgan fingerprint density at radius 2 is 2.14 bits per heavy atom. The molecule has 0 fully saturated rings. The maximum absolute atomic E-state index is 11.8. The van der Waals surface area contributed by atoms with Crippen molar-refractivity contribution >= 4 is 18.3 Å². The van der Waals surface area contributed by atoms with Gasteiger partial charge in [0.15, 0.2) is 0 Å². The molecule has 2 aromatic rings. The van der Waals surface area contributed by atoms with Crippen LogP contribution >= 0.6 is 12.4 Å². The predicted octanol–water partition coefficient (Wildman–Crippen LogP) is 0.871. The summed E-state index contributed by atoms with van der Waals surface area (Å²) < 4.78 is 5.58. The van der Waals surface area contributed by atoms with Gasteiger partial charge in [0.05, 0.1) is 12.3 Å². The molecule has 0 radical (unpaired) electrons. The Labute approximate surface area is 133 Å². The van der Waals surface area contributed by atoms with Crippen molar-refractivity contribution in [2.75, 3.05) is 13.2 Å². The lowest BCUT2D eigenvalue weighted by atomic mass is 10.2. The van der Waals surface area contributed by atoms with Crippen LogP contribution < -0.4 is 15.8 Å². The standard InChI is InChI=1S/C14H16N4O3.ClH/c15-8-11-7-13(18-9-17-11)21-12-3-1-2-10(6-12)14(20)16-4-5-19;/h1-3,6-7,9,19H,4-5,8,15H2,(H,16,20);1H. The molecule has 0 aliphatic carbocycles. The maximum atomic E-state index is 11.8. The van der Waals surface area contributed by atoms with Gasteiger partial charge < -0.3 is 20.9 Å². The van der Waals surface area contributed by atoms with Gasteiger partial charge in [-0.05, 0) is 18.2 Å². The smallest absolute Gasteiger partial charge is 0.251 e. The van der Waals surface area contributed by atoms with Crippen LogP contribution in [0, 0.1) is 0 Å². The van der Waals surface area contributed by atoms with Crippen LogP contribution in [0.15, 0.2) is 36.7 Å². The van der Waals surface area contributed by atoms with E-state index in [9.17, 15) is 4.79 Å². The number of ether oxygens (including phenoxy) is 1. The van der Waals surface area contributed by atoms with E-state index in [4.69, 9.17) is 15.6 Å². The summed E-state index contributed by atoms with van der Waals surface area (Å²) in [5.74, 6) is 0.562. The van der Waals surface area contributed by atoms with E-state index in [2.05, 4.69) is 15.3 Å². The number of halogens is 1. The highest BCUT2D eigenvalue weighted by molar-refractivity contribution is 5.94. The fourth-order valence-corrected chi connectivity index (χ4v) is 1.64. The lowest BCUT2D eigenvalue weighted by Gasteiger charge is -2.07. The summed E-state index contributed by atoms with van der Waals surface area (Å²) in [6.45, 7) is 0.392. The molecule has 7 nitrogen and oxygen atoms in total. The molecule has 0 spiro atoms. The van der Waals surface area contributed by atoms with Crippen molar-refractivity contribution in [3.63, 3.8) is 0 Å². The number of carbonyl (C=O) groups excluding carboxylic acids is 1. The summed E-state index contributed by atoms with van der Waals surface area (Å²) in [6, 6.07) is 8.31. The summed E-state index contributed by atoms with van der Waals surface area (Å²) in [4.78, 5) is 19.7. The number of aliphatic hydroxyl groups excluding tert-OH is 1. The Morgan fingerprint density at radius 3 is 2.86 bits per heavy atom. The molecule has 0 bridgehead atoms. The summed E-state index contributed by atoms with van der Waals surface area (Å²) in [6.07, 6.45) is 1.37. The van der Waals surface area contributed by atoms with Gasteiger partial charge in [0.2, 0.25) is 5.88 Å². The average Bonchev–Trinajstić information content (AvgIpc) is 2.53. The number of nitrogens with one attached hydrogen (secondary N) is 1. The van der Waals surface area contributed by atoms with E-state index in [-0.39, 0.29) is 31.5 Å². The lowest BCUT2D eigenvalue weighted by molar-refractivity contribution is 0.0944. The Bertz CT molecular complexity index is 625. The zero-order chi connectivity index (χ0) is 15.1. The van der Waals surface area contributed by atoms with Gasteiger partial charge in [-0.25, -0.2) is 9.97 Å². The van der Waals surface area contributed by atoms with Gasteiger partial charge in [-0.3, -0.25) is 4.79 Å². The van der Waals surface area contributed by atoms with E-state index in [1.54, 1.807) is 30.3 Å². The zero-order valence-corrected chi connectivity index (χ0v) is 12.5. The molecule has 4 N–H and O–H groups in total. The third-order valence-electron chi connectivity index (χ3n) is 2.62. The Morgan fingerprint density at radius 1 is 1.32 bits per heavy atom. The van der Waals surface area contributed by atoms with Crippen molar-refractivity contribution in [1.29, 1.82) is 0 Å². The largest absolute Gasteiger partial charge is 0.439 e. The topological polar surface area (TPSA) is 110 Å². The van der Waals surface area contributed by atoms with Gasteiger partial charge in [0.1, 0.15) is 12.1 Å². The summed E-state index contributed by atoms with van der Waals surface area (Å²) in [5, 5.41) is 11.3. The van der Waals surface area contributed by atoms with Crippen LogP contribution in [0.1, 0.15) is 16.1 Å². The summed E-state index contributed by atoms with van der Waals surface area (Å²) in [5.41, 5.74) is 6.61. The van der Waals surface area contributed by atoms with Crippen LogP contribution in [0.25, 0.3) is 0 Å². The second-order valence-corrected chi connectivity index (χ2v) is 4.16. The number of aliphatic hydroxyl groups is 1. The molecule has 0 unspecified atom stereocenters. The molecule has 1 heterocycles. The molecule has 8 heteroatoms. The van der Waals surface area contributed by atoms with Crippen molar-refractivity contribution in [2.24, 2.45) is 5.73 Å². The molecule has 1 aromatic carbocycles. The molecule has 0 saturated heterocycles. The number of nitrogens with two attached hydrogens (primary N) is 1. The van der Waals surface area contributed by atoms with Crippen LogP contribution in [0.4, 0.5) is 0 Å². The average molecular weight is 325 g/mol. The molecule has 0 saturated carbocycles. The van der Waals surface area contributed by atoms with E-state index >= 15 is 0 Å². The first-order valence-corrected chi connectivity index (χ1v) is 6.41. The van der Waals surface area contributed by atoms with Crippen molar-refractivity contribution < 1.29 is 14.6 Å².